The van der Waals surface area contributed by atoms with Crippen LogP contribution in [-0.2, 0) is 0 Å². The number of aromatic nitrogens is 2. The van der Waals surface area contributed by atoms with Crippen LogP contribution in [-0.4, -0.2) is 21.4 Å². The summed E-state index contributed by atoms with van der Waals surface area (Å²) in [5.41, 5.74) is 3.70. The SMILES string of the molecule is CC(C)(C)CC(C)(C)NC(=O)c1ccc2nc3ccccc3nc2c1. The largest absolute Gasteiger partial charge is 0.347 e. The third-order valence-electron chi connectivity index (χ3n) is 4.03. The van der Waals surface area contributed by atoms with Crippen molar-refractivity contribution in [1.82, 2.24) is 15.3 Å². The van der Waals surface area contributed by atoms with E-state index in [1.165, 1.54) is 0 Å². The lowest BCUT2D eigenvalue weighted by atomic mass is 9.81. The Balaban J connectivity index is 1.90. The third-order valence-corrected chi connectivity index (χ3v) is 4.03. The first kappa shape index (κ1) is 17.3. The van der Waals surface area contributed by atoms with E-state index in [-0.39, 0.29) is 16.9 Å². The zero-order valence-corrected chi connectivity index (χ0v) is 15.6. The quantitative estimate of drug-likeness (QED) is 0.704. The Kier molecular flexibility index (Phi) is 4.23. The van der Waals surface area contributed by atoms with Gasteiger partial charge in [-0.2, -0.15) is 0 Å². The third kappa shape index (κ3) is 4.13. The smallest absolute Gasteiger partial charge is 0.251 e. The molecule has 0 spiro atoms. The van der Waals surface area contributed by atoms with E-state index in [2.05, 4.69) is 49.9 Å². The van der Waals surface area contributed by atoms with Crippen molar-refractivity contribution in [3.63, 3.8) is 0 Å². The number of hydrogen-bond donors (Lipinski definition) is 1. The van der Waals surface area contributed by atoms with Gasteiger partial charge in [-0.3, -0.25) is 4.79 Å². The van der Waals surface area contributed by atoms with E-state index < -0.39 is 0 Å². The van der Waals surface area contributed by atoms with Gasteiger partial charge in [-0.05, 0) is 56.0 Å². The summed E-state index contributed by atoms with van der Waals surface area (Å²) in [6.07, 6.45) is 0.893. The van der Waals surface area contributed by atoms with Gasteiger partial charge in [0, 0.05) is 11.1 Å². The summed E-state index contributed by atoms with van der Waals surface area (Å²) in [4.78, 5) is 21.9. The van der Waals surface area contributed by atoms with Crippen molar-refractivity contribution in [2.24, 2.45) is 5.41 Å². The highest BCUT2D eigenvalue weighted by Crippen LogP contribution is 2.27. The summed E-state index contributed by atoms with van der Waals surface area (Å²) in [6.45, 7) is 10.7. The highest BCUT2D eigenvalue weighted by atomic mass is 16.1. The molecule has 0 unspecified atom stereocenters. The standard InChI is InChI=1S/C21H25N3O/c1-20(2,3)13-21(4,5)24-19(25)14-10-11-17-18(12-14)23-16-9-7-6-8-15(16)22-17/h6-12H,13H2,1-5H3,(H,24,25). The lowest BCUT2D eigenvalue weighted by Gasteiger charge is -2.33. The second kappa shape index (κ2) is 6.10. The van der Waals surface area contributed by atoms with Crippen molar-refractivity contribution in [1.29, 1.82) is 0 Å². The van der Waals surface area contributed by atoms with Crippen molar-refractivity contribution < 1.29 is 4.79 Å². The maximum atomic E-state index is 12.7. The molecule has 3 aromatic rings. The number of fused-ring (bicyclic) bond motifs is 2. The van der Waals surface area contributed by atoms with Gasteiger partial charge >= 0.3 is 0 Å². The number of rotatable bonds is 3. The lowest BCUT2D eigenvalue weighted by molar-refractivity contribution is 0.0891. The summed E-state index contributed by atoms with van der Waals surface area (Å²) in [5, 5.41) is 3.14. The summed E-state index contributed by atoms with van der Waals surface area (Å²) in [7, 11) is 0. The first-order chi connectivity index (χ1) is 11.6. The molecule has 25 heavy (non-hydrogen) atoms. The van der Waals surface area contributed by atoms with Gasteiger partial charge in [-0.25, -0.2) is 9.97 Å². The molecule has 1 aromatic heterocycles. The van der Waals surface area contributed by atoms with Crippen LogP contribution in [0.1, 0.15) is 51.4 Å². The molecule has 0 fully saturated rings. The van der Waals surface area contributed by atoms with E-state index in [0.29, 0.717) is 5.56 Å². The normalized spacial score (nSPS) is 12.5. The molecule has 0 aliphatic carbocycles. The van der Waals surface area contributed by atoms with Crippen LogP contribution in [0.5, 0.6) is 0 Å². The lowest BCUT2D eigenvalue weighted by Crippen LogP contribution is -2.45. The highest BCUT2D eigenvalue weighted by molar-refractivity contribution is 5.98. The molecule has 1 heterocycles. The number of nitrogens with one attached hydrogen (secondary N) is 1. The van der Waals surface area contributed by atoms with Crippen LogP contribution >= 0.6 is 0 Å². The summed E-state index contributed by atoms with van der Waals surface area (Å²) >= 11 is 0. The van der Waals surface area contributed by atoms with Gasteiger partial charge in [-0.1, -0.05) is 32.9 Å². The number of carbonyl (C=O) groups excluding carboxylic acids is 1. The summed E-state index contributed by atoms with van der Waals surface area (Å²) < 4.78 is 0. The maximum Gasteiger partial charge on any atom is 0.251 e. The molecule has 0 aliphatic rings. The fourth-order valence-electron chi connectivity index (χ4n) is 3.51. The number of hydrogen-bond acceptors (Lipinski definition) is 3. The molecule has 1 N–H and O–H groups in total. The van der Waals surface area contributed by atoms with E-state index in [1.54, 1.807) is 0 Å². The fraction of sp³-hybridized carbons (Fsp3) is 0.381. The molecule has 1 amide bonds. The van der Waals surface area contributed by atoms with E-state index in [0.717, 1.165) is 28.5 Å². The molecule has 0 bridgehead atoms. The number of carbonyl (C=O) groups is 1. The number of nitrogens with zero attached hydrogens (tertiary/aromatic N) is 2. The predicted octanol–water partition coefficient (Wildman–Crippen LogP) is 4.73. The molecule has 4 nitrogen and oxygen atoms in total. The fourth-order valence-corrected chi connectivity index (χ4v) is 3.51. The molecule has 130 valence electrons. The zero-order chi connectivity index (χ0) is 18.2. The van der Waals surface area contributed by atoms with Crippen LogP contribution in [0.4, 0.5) is 0 Å². The Morgan fingerprint density at radius 3 is 2.04 bits per heavy atom. The minimum Gasteiger partial charge on any atom is -0.347 e. The second-order valence-corrected chi connectivity index (χ2v) is 8.49. The van der Waals surface area contributed by atoms with Crippen LogP contribution in [0.25, 0.3) is 22.1 Å². The Bertz CT molecular complexity index is 939. The molecule has 4 heteroatoms. The average Bonchev–Trinajstić information content (AvgIpc) is 2.49. The molecular weight excluding hydrogens is 310 g/mol. The van der Waals surface area contributed by atoms with Crippen molar-refractivity contribution >= 4 is 28.0 Å². The number of amides is 1. The van der Waals surface area contributed by atoms with E-state index >= 15 is 0 Å². The Labute approximate surface area is 148 Å². The predicted molar refractivity (Wildman–Crippen MR) is 103 cm³/mol. The van der Waals surface area contributed by atoms with Crippen molar-refractivity contribution in [3.8, 4) is 0 Å². The number of benzene rings is 2. The second-order valence-electron chi connectivity index (χ2n) is 8.49. The Morgan fingerprint density at radius 1 is 0.880 bits per heavy atom. The monoisotopic (exact) mass is 335 g/mol. The van der Waals surface area contributed by atoms with Gasteiger partial charge in [-0.15, -0.1) is 0 Å². The zero-order valence-electron chi connectivity index (χ0n) is 15.6. The van der Waals surface area contributed by atoms with Gasteiger partial charge in [0.2, 0.25) is 0 Å². The summed E-state index contributed by atoms with van der Waals surface area (Å²) in [6, 6.07) is 13.3. The molecule has 0 atom stereocenters. The Morgan fingerprint density at radius 2 is 1.44 bits per heavy atom. The first-order valence-electron chi connectivity index (χ1n) is 8.62. The van der Waals surface area contributed by atoms with Gasteiger partial charge in [0.25, 0.3) is 5.91 Å². The molecular formula is C21H25N3O. The Hall–Kier alpha value is -2.49. The molecule has 3 rings (SSSR count). The van der Waals surface area contributed by atoms with Crippen molar-refractivity contribution in [2.45, 2.75) is 46.6 Å². The van der Waals surface area contributed by atoms with Gasteiger partial charge in [0.1, 0.15) is 0 Å². The van der Waals surface area contributed by atoms with Crippen LogP contribution in [0.3, 0.4) is 0 Å². The number of para-hydroxylation sites is 2. The molecule has 2 aromatic carbocycles. The highest BCUT2D eigenvalue weighted by Gasteiger charge is 2.27. The maximum absolute atomic E-state index is 12.7. The van der Waals surface area contributed by atoms with Crippen molar-refractivity contribution in [2.75, 3.05) is 0 Å². The van der Waals surface area contributed by atoms with E-state index in [9.17, 15) is 4.79 Å². The van der Waals surface area contributed by atoms with Crippen LogP contribution in [0.2, 0.25) is 0 Å². The molecule has 0 saturated carbocycles. The van der Waals surface area contributed by atoms with E-state index in [1.807, 2.05) is 42.5 Å². The van der Waals surface area contributed by atoms with Gasteiger partial charge in [0.05, 0.1) is 22.1 Å². The average molecular weight is 335 g/mol. The summed E-state index contributed by atoms with van der Waals surface area (Å²) in [5.74, 6) is -0.0777. The van der Waals surface area contributed by atoms with Crippen LogP contribution in [0, 0.1) is 5.41 Å². The van der Waals surface area contributed by atoms with Gasteiger partial charge < -0.3 is 5.32 Å². The molecule has 0 radical (unpaired) electrons. The van der Waals surface area contributed by atoms with E-state index in [4.69, 9.17) is 0 Å². The molecule has 0 aliphatic heterocycles. The van der Waals surface area contributed by atoms with Crippen molar-refractivity contribution in [3.05, 3.63) is 48.0 Å². The van der Waals surface area contributed by atoms with Crippen LogP contribution in [0.15, 0.2) is 42.5 Å². The molecule has 0 saturated heterocycles. The topological polar surface area (TPSA) is 54.9 Å². The minimum absolute atomic E-state index is 0.0777. The minimum atomic E-state index is -0.278. The van der Waals surface area contributed by atoms with Gasteiger partial charge in [0.15, 0.2) is 0 Å². The first-order valence-corrected chi connectivity index (χ1v) is 8.62. The van der Waals surface area contributed by atoms with Crippen LogP contribution < -0.4 is 5.32 Å².